The molecule has 0 unspecified atom stereocenters. The number of carbonyl (C=O) groups is 4. The van der Waals surface area contributed by atoms with E-state index in [1.165, 1.54) is 0 Å². The Morgan fingerprint density at radius 3 is 1.87 bits per heavy atom. The molecule has 10 nitrogen and oxygen atoms in total. The van der Waals surface area contributed by atoms with E-state index in [0.717, 1.165) is 16.7 Å². The van der Waals surface area contributed by atoms with Crippen molar-refractivity contribution in [2.24, 2.45) is 11.8 Å². The molecule has 278 valence electrons. The molecule has 3 aromatic carbocycles. The third-order valence-electron chi connectivity index (χ3n) is 8.51. The fourth-order valence-electron chi connectivity index (χ4n) is 5.71. The number of aliphatic hydroxyl groups excluding tert-OH is 1. The quantitative estimate of drug-likeness (QED) is 0.0519. The number of rotatable bonds is 24. The predicted octanol–water partition coefficient (Wildman–Crippen LogP) is 5.85. The van der Waals surface area contributed by atoms with Crippen molar-refractivity contribution < 1.29 is 33.8 Å². The van der Waals surface area contributed by atoms with Crippen molar-refractivity contribution in [1.29, 1.82) is 0 Å². The van der Waals surface area contributed by atoms with Gasteiger partial charge in [0.2, 0.25) is 11.8 Å². The molecule has 0 saturated heterocycles. The third kappa shape index (κ3) is 16.2. The minimum Gasteiger partial charge on any atom is -0.463 e. The van der Waals surface area contributed by atoms with E-state index in [1.54, 1.807) is 12.2 Å². The number of esters is 1. The van der Waals surface area contributed by atoms with E-state index in [9.17, 15) is 24.3 Å². The van der Waals surface area contributed by atoms with Gasteiger partial charge in [0.15, 0.2) is 0 Å². The third-order valence-corrected chi connectivity index (χ3v) is 8.51. The van der Waals surface area contributed by atoms with Crippen LogP contribution in [-0.4, -0.2) is 60.8 Å². The summed E-state index contributed by atoms with van der Waals surface area (Å²) >= 11 is 0. The Bertz CT molecular complexity index is 1520. The molecule has 4 N–H and O–H groups in total. The molecule has 0 saturated carbocycles. The zero-order valence-electron chi connectivity index (χ0n) is 29.9. The molecular formula is C42H53N3O7. The summed E-state index contributed by atoms with van der Waals surface area (Å²) in [5, 5.41) is 18.5. The van der Waals surface area contributed by atoms with Gasteiger partial charge in [0, 0.05) is 13.0 Å². The van der Waals surface area contributed by atoms with Gasteiger partial charge in [-0.2, -0.15) is 0 Å². The molecular weight excluding hydrogens is 658 g/mol. The highest BCUT2D eigenvalue weighted by molar-refractivity contribution is 5.86. The van der Waals surface area contributed by atoms with Gasteiger partial charge >= 0.3 is 12.1 Å². The number of ether oxygens (including phenoxy) is 2. The molecule has 0 aliphatic rings. The first-order valence-corrected chi connectivity index (χ1v) is 17.9. The molecule has 0 aliphatic heterocycles. The highest BCUT2D eigenvalue weighted by atomic mass is 16.5. The van der Waals surface area contributed by atoms with Crippen LogP contribution in [0, 0.1) is 11.8 Å². The monoisotopic (exact) mass is 711 g/mol. The second-order valence-corrected chi connectivity index (χ2v) is 12.8. The summed E-state index contributed by atoms with van der Waals surface area (Å²) in [5.74, 6) is -2.27. The zero-order chi connectivity index (χ0) is 37.4. The number of unbranched alkanes of at least 4 members (excludes halogenated alkanes) is 1. The summed E-state index contributed by atoms with van der Waals surface area (Å²) in [5.41, 5.74) is 2.86. The van der Waals surface area contributed by atoms with Crippen molar-refractivity contribution in [2.75, 3.05) is 19.8 Å². The number of amides is 3. The van der Waals surface area contributed by atoms with Crippen molar-refractivity contribution in [3.05, 3.63) is 133 Å². The maximum atomic E-state index is 13.6. The number of carbonyl (C=O) groups excluding carboxylic acids is 4. The van der Waals surface area contributed by atoms with Gasteiger partial charge < -0.3 is 30.5 Å². The normalized spacial score (nSPS) is 13.0. The highest BCUT2D eigenvalue weighted by Gasteiger charge is 2.26. The van der Waals surface area contributed by atoms with Crippen LogP contribution in [0.5, 0.6) is 0 Å². The molecule has 0 heterocycles. The minimum absolute atomic E-state index is 0.0593. The lowest BCUT2D eigenvalue weighted by atomic mass is 9.96. The molecule has 0 fully saturated rings. The van der Waals surface area contributed by atoms with E-state index in [2.05, 4.69) is 29.1 Å². The van der Waals surface area contributed by atoms with Gasteiger partial charge in [-0.25, -0.2) is 4.79 Å². The molecule has 3 amide bonds. The van der Waals surface area contributed by atoms with Gasteiger partial charge in [-0.05, 0) is 61.6 Å². The lowest BCUT2D eigenvalue weighted by Crippen LogP contribution is -2.45. The van der Waals surface area contributed by atoms with E-state index in [4.69, 9.17) is 9.47 Å². The maximum Gasteiger partial charge on any atom is 0.407 e. The minimum atomic E-state index is -0.723. The topological polar surface area (TPSA) is 143 Å². The number of allylic oxidation sites excluding steroid dienone is 2. The number of hydrogen-bond donors (Lipinski definition) is 4. The Morgan fingerprint density at radius 2 is 1.27 bits per heavy atom. The van der Waals surface area contributed by atoms with E-state index in [0.29, 0.717) is 45.1 Å². The van der Waals surface area contributed by atoms with Crippen LogP contribution < -0.4 is 16.0 Å². The Labute approximate surface area is 307 Å². The molecule has 0 spiro atoms. The van der Waals surface area contributed by atoms with Crippen LogP contribution in [0.2, 0.25) is 0 Å². The van der Waals surface area contributed by atoms with Crippen LogP contribution in [-0.2, 0) is 43.3 Å². The van der Waals surface area contributed by atoms with Crippen LogP contribution in [0.4, 0.5) is 4.79 Å². The summed E-state index contributed by atoms with van der Waals surface area (Å²) in [7, 11) is 0. The molecule has 0 aromatic heterocycles. The molecule has 52 heavy (non-hydrogen) atoms. The summed E-state index contributed by atoms with van der Waals surface area (Å²) in [6.07, 6.45) is 5.94. The van der Waals surface area contributed by atoms with E-state index >= 15 is 0 Å². The number of nitrogens with one attached hydrogen (secondary N) is 3. The molecule has 0 bridgehead atoms. The van der Waals surface area contributed by atoms with Crippen LogP contribution in [0.3, 0.4) is 0 Å². The van der Waals surface area contributed by atoms with Crippen LogP contribution in [0.15, 0.2) is 116 Å². The molecule has 0 radical (unpaired) electrons. The standard InChI is InChI=1S/C42H53N3O7/c1-3-16-35(28-39(47)44-38(29-46)27-33-20-10-6-11-21-33)40(48)45-37(24-14-15-25-43-42(50)52-30-34-22-12-7-13-23-34)31-51-41(49)36(17-4-2)26-32-18-8-5-9-19-32/h3-13,18-23,35-38,46H,1-2,14-17,24-31H2,(H,43,50)(H,44,47)(H,45,48)/t35-,36+,37+,38+/m1/s1. The van der Waals surface area contributed by atoms with Crippen molar-refractivity contribution in [3.8, 4) is 0 Å². The zero-order valence-corrected chi connectivity index (χ0v) is 29.9. The van der Waals surface area contributed by atoms with Gasteiger partial charge in [0.25, 0.3) is 0 Å². The smallest absolute Gasteiger partial charge is 0.407 e. The fourth-order valence-corrected chi connectivity index (χ4v) is 5.71. The summed E-state index contributed by atoms with van der Waals surface area (Å²) < 4.78 is 11.1. The van der Waals surface area contributed by atoms with E-state index in [-0.39, 0.29) is 50.4 Å². The fraction of sp³-hybridized carbons (Fsp3) is 0.381. The maximum absolute atomic E-state index is 13.6. The summed E-state index contributed by atoms with van der Waals surface area (Å²) in [4.78, 5) is 52.1. The average Bonchev–Trinajstić information content (AvgIpc) is 3.16. The number of alkyl carbamates (subject to hydrolysis) is 1. The summed E-state index contributed by atoms with van der Waals surface area (Å²) in [6.45, 7) is 7.80. The van der Waals surface area contributed by atoms with Gasteiger partial charge in [-0.15, -0.1) is 13.2 Å². The van der Waals surface area contributed by atoms with Gasteiger partial charge in [0.05, 0.1) is 30.5 Å². The predicted molar refractivity (Wildman–Crippen MR) is 202 cm³/mol. The molecule has 4 atom stereocenters. The van der Waals surface area contributed by atoms with E-state index in [1.807, 2.05) is 91.0 Å². The van der Waals surface area contributed by atoms with Crippen molar-refractivity contribution in [2.45, 2.75) is 70.1 Å². The first-order chi connectivity index (χ1) is 25.3. The lowest BCUT2D eigenvalue weighted by molar-refractivity contribution is -0.150. The Kier molecular flexibility index (Phi) is 19.1. The largest absolute Gasteiger partial charge is 0.463 e. The Balaban J connectivity index is 1.58. The average molecular weight is 712 g/mol. The molecule has 10 heteroatoms. The van der Waals surface area contributed by atoms with Crippen molar-refractivity contribution in [1.82, 2.24) is 16.0 Å². The van der Waals surface area contributed by atoms with Crippen LogP contribution >= 0.6 is 0 Å². The first kappa shape index (κ1) is 41.2. The second-order valence-electron chi connectivity index (χ2n) is 12.8. The van der Waals surface area contributed by atoms with Crippen molar-refractivity contribution in [3.63, 3.8) is 0 Å². The molecule has 3 rings (SSSR count). The van der Waals surface area contributed by atoms with Gasteiger partial charge in [-0.1, -0.05) is 103 Å². The Morgan fingerprint density at radius 1 is 0.692 bits per heavy atom. The lowest BCUT2D eigenvalue weighted by Gasteiger charge is -2.24. The highest BCUT2D eigenvalue weighted by Crippen LogP contribution is 2.17. The van der Waals surface area contributed by atoms with Gasteiger partial charge in [0.1, 0.15) is 13.2 Å². The first-order valence-electron chi connectivity index (χ1n) is 17.9. The second kappa shape index (κ2) is 24.1. The van der Waals surface area contributed by atoms with Crippen molar-refractivity contribution >= 4 is 23.9 Å². The van der Waals surface area contributed by atoms with Gasteiger partial charge in [-0.3, -0.25) is 14.4 Å². The molecule has 0 aliphatic carbocycles. The summed E-state index contributed by atoms with van der Waals surface area (Å²) in [6, 6.07) is 27.5. The SMILES string of the molecule is C=CC[C@H](CC(=O)N[C@H](CO)Cc1ccccc1)C(=O)N[C@@H](CCCCNC(=O)OCc1ccccc1)COC(=O)[C@@H](CC=C)Cc1ccccc1. The Hall–Kier alpha value is -5.22. The number of aliphatic hydroxyl groups is 1. The van der Waals surface area contributed by atoms with Crippen LogP contribution in [0.25, 0.3) is 0 Å². The molecule has 3 aromatic rings. The van der Waals surface area contributed by atoms with E-state index < -0.39 is 30.0 Å². The van der Waals surface area contributed by atoms with Crippen LogP contribution in [0.1, 0.15) is 55.2 Å². The number of benzene rings is 3. The number of hydrogen-bond acceptors (Lipinski definition) is 7.